The second-order valence-electron chi connectivity index (χ2n) is 5.17. The van der Waals surface area contributed by atoms with Crippen molar-refractivity contribution in [1.82, 2.24) is 15.5 Å². The normalized spacial score (nSPS) is 17.6. The number of aryl methyl sites for hydroxylation is 2. The molecule has 0 radical (unpaired) electrons. The lowest BCUT2D eigenvalue weighted by molar-refractivity contribution is -0.144. The molecule has 19 heavy (non-hydrogen) atoms. The Morgan fingerprint density at radius 1 is 1.42 bits per heavy atom. The van der Waals surface area contributed by atoms with Crippen LogP contribution in [0.15, 0.2) is 0 Å². The zero-order valence-electron chi connectivity index (χ0n) is 11.2. The Hall–Kier alpha value is -2.05. The molecule has 0 saturated heterocycles. The molecule has 0 bridgehead atoms. The number of hydrogen-bond acceptors (Lipinski definition) is 3. The van der Waals surface area contributed by atoms with E-state index in [1.807, 2.05) is 0 Å². The number of anilines is 1. The summed E-state index contributed by atoms with van der Waals surface area (Å²) >= 11 is 0. The molecule has 1 fully saturated rings. The topological polar surface area (TPSA) is 107 Å². The van der Waals surface area contributed by atoms with Crippen molar-refractivity contribution < 1.29 is 14.7 Å². The molecule has 0 aliphatic heterocycles. The Balaban J connectivity index is 2.07. The first-order chi connectivity index (χ1) is 8.84. The number of urea groups is 1. The molecule has 7 nitrogen and oxygen atoms in total. The second-order valence-corrected chi connectivity index (χ2v) is 5.17. The number of aromatic amines is 1. The first kappa shape index (κ1) is 13.4. The molecule has 4 N–H and O–H groups in total. The number of amides is 2. The van der Waals surface area contributed by atoms with Crippen molar-refractivity contribution in [3.63, 3.8) is 0 Å². The van der Waals surface area contributed by atoms with E-state index in [1.54, 1.807) is 20.8 Å². The molecule has 1 aliphatic rings. The number of nitrogens with zero attached hydrogens (tertiary/aromatic N) is 1. The fourth-order valence-corrected chi connectivity index (χ4v) is 2.11. The minimum absolute atomic E-state index is 0.00212. The molecule has 0 spiro atoms. The van der Waals surface area contributed by atoms with Crippen LogP contribution in [0.2, 0.25) is 0 Å². The maximum Gasteiger partial charge on any atom is 0.329 e. The predicted octanol–water partition coefficient (Wildman–Crippen LogP) is 1.40. The van der Waals surface area contributed by atoms with Crippen molar-refractivity contribution in [3.05, 3.63) is 11.4 Å². The molecule has 104 valence electrons. The van der Waals surface area contributed by atoms with E-state index in [1.165, 1.54) is 0 Å². The van der Waals surface area contributed by atoms with Gasteiger partial charge in [-0.2, -0.15) is 5.10 Å². The molecule has 2 amide bonds. The van der Waals surface area contributed by atoms with Gasteiger partial charge in [0.25, 0.3) is 0 Å². The van der Waals surface area contributed by atoms with Gasteiger partial charge in [-0.3, -0.25) is 5.10 Å². The third-order valence-electron chi connectivity index (χ3n) is 3.58. The summed E-state index contributed by atoms with van der Waals surface area (Å²) in [6.45, 7) is 5.09. The van der Waals surface area contributed by atoms with Crippen molar-refractivity contribution in [1.29, 1.82) is 0 Å². The minimum Gasteiger partial charge on any atom is -0.480 e. The zero-order valence-corrected chi connectivity index (χ0v) is 11.2. The predicted molar refractivity (Wildman–Crippen MR) is 69.0 cm³/mol. The molecule has 0 aromatic carbocycles. The maximum atomic E-state index is 11.9. The number of H-pyrrole nitrogens is 1. The molecule has 1 unspecified atom stereocenters. The summed E-state index contributed by atoms with van der Waals surface area (Å²) in [7, 11) is 0. The van der Waals surface area contributed by atoms with Crippen LogP contribution in [-0.2, 0) is 4.79 Å². The molecular weight excluding hydrogens is 248 g/mol. The van der Waals surface area contributed by atoms with E-state index in [0.717, 1.165) is 18.5 Å². The number of rotatable bonds is 4. The minimum atomic E-state index is -1.21. The van der Waals surface area contributed by atoms with Gasteiger partial charge in [-0.25, -0.2) is 9.59 Å². The van der Waals surface area contributed by atoms with Crippen molar-refractivity contribution in [2.24, 2.45) is 5.92 Å². The van der Waals surface area contributed by atoms with Crippen LogP contribution in [0.1, 0.15) is 31.2 Å². The SMILES string of the molecule is Cc1n[nH]c(C)c1NC(=O)NC(C)(C(=O)O)C1CC1. The standard InChI is InChI=1S/C12H18N4O3/c1-6-9(7(2)16-15-6)13-11(19)14-12(3,10(17)18)8-4-5-8/h8H,4-5H2,1-3H3,(H,15,16)(H,17,18)(H2,13,14,19). The fourth-order valence-electron chi connectivity index (χ4n) is 2.11. The van der Waals surface area contributed by atoms with Gasteiger partial charge in [0.1, 0.15) is 5.54 Å². The molecule has 1 aromatic rings. The molecule has 1 saturated carbocycles. The first-order valence-corrected chi connectivity index (χ1v) is 6.18. The number of carboxylic acid groups (broad SMARTS) is 1. The maximum absolute atomic E-state index is 11.9. The second kappa shape index (κ2) is 4.56. The monoisotopic (exact) mass is 266 g/mol. The number of nitrogens with one attached hydrogen (secondary N) is 3. The van der Waals surface area contributed by atoms with Gasteiger partial charge in [-0.05, 0) is 39.5 Å². The Morgan fingerprint density at radius 2 is 2.05 bits per heavy atom. The van der Waals surface area contributed by atoms with Crippen LogP contribution < -0.4 is 10.6 Å². The van der Waals surface area contributed by atoms with Gasteiger partial charge in [0.15, 0.2) is 0 Å². The van der Waals surface area contributed by atoms with Gasteiger partial charge in [-0.15, -0.1) is 0 Å². The molecule has 1 atom stereocenters. The highest BCUT2D eigenvalue weighted by molar-refractivity contribution is 5.94. The van der Waals surface area contributed by atoms with E-state index in [0.29, 0.717) is 11.4 Å². The highest BCUT2D eigenvalue weighted by Crippen LogP contribution is 2.39. The number of aliphatic carboxylic acids is 1. The third-order valence-corrected chi connectivity index (χ3v) is 3.58. The number of carbonyl (C=O) groups excluding carboxylic acids is 1. The lowest BCUT2D eigenvalue weighted by atomic mass is 9.96. The van der Waals surface area contributed by atoms with Crippen LogP contribution >= 0.6 is 0 Å². The Bertz CT molecular complexity index is 502. The van der Waals surface area contributed by atoms with Crippen molar-refractivity contribution in [2.45, 2.75) is 39.2 Å². The summed E-state index contributed by atoms with van der Waals surface area (Å²) in [5, 5.41) is 21.2. The Labute approximate surface area is 110 Å². The fraction of sp³-hybridized carbons (Fsp3) is 0.583. The number of hydrogen-bond donors (Lipinski definition) is 4. The van der Waals surface area contributed by atoms with Crippen LogP contribution in [0.5, 0.6) is 0 Å². The van der Waals surface area contributed by atoms with Gasteiger partial charge in [0.05, 0.1) is 17.1 Å². The number of carboxylic acids is 1. The number of carbonyl (C=O) groups is 2. The lowest BCUT2D eigenvalue weighted by Crippen LogP contribution is -2.55. The van der Waals surface area contributed by atoms with Crippen molar-refractivity contribution in [3.8, 4) is 0 Å². The van der Waals surface area contributed by atoms with E-state index in [-0.39, 0.29) is 5.92 Å². The average Bonchev–Trinajstić information content (AvgIpc) is 3.12. The van der Waals surface area contributed by atoms with E-state index in [9.17, 15) is 14.7 Å². The summed E-state index contributed by atoms with van der Waals surface area (Å²) in [6.07, 6.45) is 1.65. The lowest BCUT2D eigenvalue weighted by Gasteiger charge is -2.26. The van der Waals surface area contributed by atoms with Crippen LogP contribution in [0.25, 0.3) is 0 Å². The van der Waals surface area contributed by atoms with Crippen LogP contribution in [0.3, 0.4) is 0 Å². The zero-order chi connectivity index (χ0) is 14.2. The smallest absolute Gasteiger partial charge is 0.329 e. The van der Waals surface area contributed by atoms with Crippen LogP contribution in [-0.4, -0.2) is 32.8 Å². The summed E-state index contributed by atoms with van der Waals surface area (Å²) < 4.78 is 0. The number of aromatic nitrogens is 2. The van der Waals surface area contributed by atoms with Crippen LogP contribution in [0.4, 0.5) is 10.5 Å². The first-order valence-electron chi connectivity index (χ1n) is 6.18. The molecule has 2 rings (SSSR count). The summed E-state index contributed by atoms with van der Waals surface area (Å²) in [4.78, 5) is 23.3. The molecule has 1 heterocycles. The van der Waals surface area contributed by atoms with Gasteiger partial charge in [0.2, 0.25) is 0 Å². The van der Waals surface area contributed by atoms with E-state index in [4.69, 9.17) is 0 Å². The quantitative estimate of drug-likeness (QED) is 0.660. The Kier molecular flexibility index (Phi) is 3.21. The van der Waals surface area contributed by atoms with Gasteiger partial charge in [-0.1, -0.05) is 0 Å². The van der Waals surface area contributed by atoms with Gasteiger partial charge >= 0.3 is 12.0 Å². The largest absolute Gasteiger partial charge is 0.480 e. The highest BCUT2D eigenvalue weighted by atomic mass is 16.4. The molecular formula is C12H18N4O3. The van der Waals surface area contributed by atoms with Crippen LogP contribution in [0, 0.1) is 19.8 Å². The average molecular weight is 266 g/mol. The summed E-state index contributed by atoms with van der Waals surface area (Å²) in [6, 6.07) is -0.524. The molecule has 7 heteroatoms. The van der Waals surface area contributed by atoms with E-state index < -0.39 is 17.5 Å². The van der Waals surface area contributed by atoms with E-state index >= 15 is 0 Å². The summed E-state index contributed by atoms with van der Waals surface area (Å²) in [5.41, 5.74) is 0.767. The van der Waals surface area contributed by atoms with E-state index in [2.05, 4.69) is 20.8 Å². The third kappa shape index (κ3) is 2.54. The highest BCUT2D eigenvalue weighted by Gasteiger charge is 2.48. The molecule has 1 aliphatic carbocycles. The van der Waals surface area contributed by atoms with Gasteiger partial charge < -0.3 is 15.7 Å². The Morgan fingerprint density at radius 3 is 2.47 bits per heavy atom. The van der Waals surface area contributed by atoms with Crippen molar-refractivity contribution in [2.75, 3.05) is 5.32 Å². The van der Waals surface area contributed by atoms with Crippen molar-refractivity contribution >= 4 is 17.7 Å². The van der Waals surface area contributed by atoms with Gasteiger partial charge in [0, 0.05) is 0 Å². The molecule has 1 aromatic heterocycles. The summed E-state index contributed by atoms with van der Waals surface area (Å²) in [5.74, 6) is -1.01.